The third-order valence-corrected chi connectivity index (χ3v) is 4.00. The second-order valence-corrected chi connectivity index (χ2v) is 5.84. The molecule has 0 saturated carbocycles. The zero-order valence-electron chi connectivity index (χ0n) is 16.6. The van der Waals surface area contributed by atoms with Crippen molar-refractivity contribution in [2.75, 3.05) is 33.9 Å². The summed E-state index contributed by atoms with van der Waals surface area (Å²) in [6.45, 7) is 6.49. The van der Waals surface area contributed by atoms with Crippen LogP contribution in [0.3, 0.4) is 0 Å². The zero-order chi connectivity index (χ0) is 18.9. The molecule has 1 N–H and O–H groups in total. The lowest BCUT2D eigenvalue weighted by Crippen LogP contribution is -2.40. The van der Waals surface area contributed by atoms with Gasteiger partial charge in [0.25, 0.3) is 0 Å². The summed E-state index contributed by atoms with van der Waals surface area (Å²) in [6, 6.07) is 7.56. The van der Waals surface area contributed by atoms with Gasteiger partial charge < -0.3 is 24.3 Å². The van der Waals surface area contributed by atoms with E-state index in [9.17, 15) is 0 Å². The fraction of sp³-hybridized carbons (Fsp3) is 0.500. The van der Waals surface area contributed by atoms with Crippen LogP contribution in [0.4, 0.5) is 0 Å². The number of likely N-dealkylation sites (N-methyl/N-ethyl adjacent to an activating group) is 1. The minimum absolute atomic E-state index is 0. The molecular formula is C18H29IN6O2. The molecule has 0 spiro atoms. The van der Waals surface area contributed by atoms with Crippen molar-refractivity contribution in [3.63, 3.8) is 0 Å². The largest absolute Gasteiger partial charge is 0.497 e. The summed E-state index contributed by atoms with van der Waals surface area (Å²) in [6.07, 6.45) is 0. The molecule has 1 aromatic heterocycles. The predicted octanol–water partition coefficient (Wildman–Crippen LogP) is 2.23. The molecule has 0 aliphatic heterocycles. The minimum atomic E-state index is 0. The Morgan fingerprint density at radius 2 is 1.89 bits per heavy atom. The number of rotatable bonds is 8. The molecule has 2 rings (SSSR count). The molecule has 0 amide bonds. The molecule has 0 fully saturated rings. The number of nitrogens with one attached hydrogen (secondary N) is 1. The van der Waals surface area contributed by atoms with Crippen molar-refractivity contribution in [2.45, 2.75) is 20.4 Å². The first-order valence-corrected chi connectivity index (χ1v) is 8.66. The Bertz CT molecular complexity index is 717. The normalized spacial score (nSPS) is 10.9. The van der Waals surface area contributed by atoms with Crippen molar-refractivity contribution >= 4 is 29.9 Å². The molecule has 2 aromatic rings. The number of hydrogen-bond acceptors (Lipinski definition) is 5. The number of ether oxygens (including phenoxy) is 2. The molecule has 0 aliphatic carbocycles. The fourth-order valence-electron chi connectivity index (χ4n) is 2.28. The van der Waals surface area contributed by atoms with E-state index >= 15 is 0 Å². The molecule has 1 heterocycles. The molecule has 0 saturated heterocycles. The Kier molecular flexibility index (Phi) is 9.90. The topological polar surface area (TPSA) is 76.8 Å². The van der Waals surface area contributed by atoms with E-state index in [4.69, 9.17) is 9.47 Å². The van der Waals surface area contributed by atoms with Crippen molar-refractivity contribution in [3.8, 4) is 11.5 Å². The number of methoxy groups -OCH3 is 1. The summed E-state index contributed by atoms with van der Waals surface area (Å²) in [5.74, 6) is 4.15. The molecule has 150 valence electrons. The SMILES string of the molecule is CCNC(=NCc1nnc(C)n1C)N(C)CCOc1ccc(OC)cc1.I. The molecule has 0 radical (unpaired) electrons. The molecule has 0 aliphatic rings. The molecule has 27 heavy (non-hydrogen) atoms. The van der Waals surface area contributed by atoms with Gasteiger partial charge in [0.2, 0.25) is 0 Å². The molecular weight excluding hydrogens is 459 g/mol. The summed E-state index contributed by atoms with van der Waals surface area (Å²) in [5, 5.41) is 11.5. The summed E-state index contributed by atoms with van der Waals surface area (Å²) in [4.78, 5) is 6.68. The van der Waals surface area contributed by atoms with E-state index in [-0.39, 0.29) is 24.0 Å². The number of nitrogens with zero attached hydrogens (tertiary/aromatic N) is 5. The molecule has 1 aromatic carbocycles. The van der Waals surface area contributed by atoms with Crippen LogP contribution in [0.25, 0.3) is 0 Å². The average molecular weight is 488 g/mol. The molecule has 9 heteroatoms. The summed E-state index contributed by atoms with van der Waals surface area (Å²) < 4.78 is 12.9. The van der Waals surface area contributed by atoms with Gasteiger partial charge in [-0.25, -0.2) is 4.99 Å². The van der Waals surface area contributed by atoms with Crippen LogP contribution in [0.2, 0.25) is 0 Å². The number of aromatic nitrogens is 3. The Balaban J connectivity index is 0.00000364. The highest BCUT2D eigenvalue weighted by atomic mass is 127. The van der Waals surface area contributed by atoms with Crippen LogP contribution < -0.4 is 14.8 Å². The van der Waals surface area contributed by atoms with Gasteiger partial charge in [-0.2, -0.15) is 0 Å². The molecule has 0 unspecified atom stereocenters. The number of aryl methyl sites for hydroxylation is 1. The van der Waals surface area contributed by atoms with Gasteiger partial charge >= 0.3 is 0 Å². The third-order valence-electron chi connectivity index (χ3n) is 4.00. The van der Waals surface area contributed by atoms with Crippen molar-refractivity contribution in [3.05, 3.63) is 35.9 Å². The van der Waals surface area contributed by atoms with Crippen molar-refractivity contribution in [1.82, 2.24) is 25.0 Å². The summed E-state index contributed by atoms with van der Waals surface area (Å²) in [5.41, 5.74) is 0. The van der Waals surface area contributed by atoms with E-state index in [1.165, 1.54) is 0 Å². The van der Waals surface area contributed by atoms with Crippen molar-refractivity contribution in [1.29, 1.82) is 0 Å². The van der Waals surface area contributed by atoms with Crippen LogP contribution in [0.1, 0.15) is 18.6 Å². The lowest BCUT2D eigenvalue weighted by Gasteiger charge is -2.22. The van der Waals surface area contributed by atoms with Crippen LogP contribution in [0.5, 0.6) is 11.5 Å². The Morgan fingerprint density at radius 1 is 1.22 bits per heavy atom. The molecule has 8 nitrogen and oxygen atoms in total. The highest BCUT2D eigenvalue weighted by Gasteiger charge is 2.08. The second-order valence-electron chi connectivity index (χ2n) is 5.84. The minimum Gasteiger partial charge on any atom is -0.497 e. The predicted molar refractivity (Wildman–Crippen MR) is 117 cm³/mol. The first kappa shape index (κ1) is 23.0. The van der Waals surface area contributed by atoms with Gasteiger partial charge in [0.1, 0.15) is 30.5 Å². The first-order chi connectivity index (χ1) is 12.5. The van der Waals surface area contributed by atoms with Crippen molar-refractivity contribution < 1.29 is 9.47 Å². The summed E-state index contributed by atoms with van der Waals surface area (Å²) >= 11 is 0. The van der Waals surface area contributed by atoms with E-state index in [1.54, 1.807) is 7.11 Å². The highest BCUT2D eigenvalue weighted by Crippen LogP contribution is 2.16. The van der Waals surface area contributed by atoms with Crippen LogP contribution in [0.15, 0.2) is 29.3 Å². The first-order valence-electron chi connectivity index (χ1n) is 8.66. The van der Waals surface area contributed by atoms with Gasteiger partial charge in [0.05, 0.1) is 13.7 Å². The van der Waals surface area contributed by atoms with Crippen LogP contribution in [-0.2, 0) is 13.6 Å². The number of benzene rings is 1. The van der Waals surface area contributed by atoms with Gasteiger partial charge in [-0.1, -0.05) is 0 Å². The van der Waals surface area contributed by atoms with Crippen LogP contribution >= 0.6 is 24.0 Å². The molecule has 0 bridgehead atoms. The van der Waals surface area contributed by atoms with E-state index in [1.807, 2.05) is 61.7 Å². The number of aliphatic imine (C=N–C) groups is 1. The van der Waals surface area contributed by atoms with Gasteiger partial charge in [-0.3, -0.25) is 0 Å². The highest BCUT2D eigenvalue weighted by molar-refractivity contribution is 14.0. The fourth-order valence-corrected chi connectivity index (χ4v) is 2.28. The zero-order valence-corrected chi connectivity index (χ0v) is 18.9. The van der Waals surface area contributed by atoms with E-state index in [0.29, 0.717) is 19.7 Å². The second kappa shape index (κ2) is 11.6. The van der Waals surface area contributed by atoms with Gasteiger partial charge in [-0.15, -0.1) is 34.2 Å². The lowest BCUT2D eigenvalue weighted by atomic mass is 10.3. The third kappa shape index (κ3) is 6.89. The monoisotopic (exact) mass is 488 g/mol. The quantitative estimate of drug-likeness (QED) is 0.349. The number of hydrogen-bond donors (Lipinski definition) is 1. The Morgan fingerprint density at radius 3 is 2.44 bits per heavy atom. The average Bonchev–Trinajstić information content (AvgIpc) is 2.97. The van der Waals surface area contributed by atoms with Gasteiger partial charge in [0.15, 0.2) is 11.8 Å². The van der Waals surface area contributed by atoms with Crippen LogP contribution in [0, 0.1) is 6.92 Å². The number of guanidine groups is 1. The van der Waals surface area contributed by atoms with Crippen molar-refractivity contribution in [2.24, 2.45) is 12.0 Å². The maximum absolute atomic E-state index is 5.78. The standard InChI is InChI=1S/C18H28N6O2.HI/c1-6-19-18(20-13-17-22-21-14(2)24(17)4)23(3)11-12-26-16-9-7-15(25-5)8-10-16;/h7-10H,6,11-13H2,1-5H3,(H,19,20);1H. The van der Waals surface area contributed by atoms with E-state index < -0.39 is 0 Å². The van der Waals surface area contributed by atoms with E-state index in [2.05, 4.69) is 20.5 Å². The maximum atomic E-state index is 5.78. The Labute approximate surface area is 178 Å². The Hall–Kier alpha value is -2.04. The smallest absolute Gasteiger partial charge is 0.194 e. The van der Waals surface area contributed by atoms with Crippen LogP contribution in [-0.4, -0.2) is 59.5 Å². The number of halogens is 1. The summed E-state index contributed by atoms with van der Waals surface area (Å²) in [7, 11) is 5.58. The lowest BCUT2D eigenvalue weighted by molar-refractivity contribution is 0.281. The van der Waals surface area contributed by atoms with E-state index in [0.717, 1.165) is 35.7 Å². The van der Waals surface area contributed by atoms with Gasteiger partial charge in [-0.05, 0) is 38.1 Å². The maximum Gasteiger partial charge on any atom is 0.194 e. The molecule has 0 atom stereocenters. The van der Waals surface area contributed by atoms with Gasteiger partial charge in [0, 0.05) is 20.6 Å².